The van der Waals surface area contributed by atoms with Crippen molar-refractivity contribution in [2.45, 2.75) is 59.1 Å². The Morgan fingerprint density at radius 2 is 1.86 bits per heavy atom. The molecule has 3 nitrogen and oxygen atoms in total. The second-order valence-corrected chi connectivity index (χ2v) is 8.02. The molecule has 0 bridgehead atoms. The predicted octanol–water partition coefficient (Wildman–Crippen LogP) is 5.03. The Kier molecular flexibility index (Phi) is 6.83. The Morgan fingerprint density at radius 1 is 1.18 bits per heavy atom. The first kappa shape index (κ1) is 17.9. The molecular weight excluding hydrogens is 293 g/mol. The van der Waals surface area contributed by atoms with Gasteiger partial charge in [0.25, 0.3) is 8.53 Å². The quantitative estimate of drug-likeness (QED) is 0.721. The van der Waals surface area contributed by atoms with Crippen LogP contribution >= 0.6 is 8.53 Å². The first-order valence-electron chi connectivity index (χ1n) is 8.44. The van der Waals surface area contributed by atoms with Gasteiger partial charge in [0.05, 0.1) is 6.10 Å². The van der Waals surface area contributed by atoms with Crippen molar-refractivity contribution < 1.29 is 9.42 Å². The van der Waals surface area contributed by atoms with E-state index in [1.807, 2.05) is 18.2 Å². The van der Waals surface area contributed by atoms with Crippen LogP contribution in [0.25, 0.3) is 0 Å². The summed E-state index contributed by atoms with van der Waals surface area (Å²) >= 11 is 0. The van der Waals surface area contributed by atoms with Crippen LogP contribution in [0.1, 0.15) is 58.6 Å². The second-order valence-electron chi connectivity index (χ2n) is 7.00. The molecule has 22 heavy (non-hydrogen) atoms. The molecule has 0 aliphatic heterocycles. The summed E-state index contributed by atoms with van der Waals surface area (Å²) in [5, 5.41) is 3.22. The lowest BCUT2D eigenvalue weighted by atomic mass is 9.75. The highest BCUT2D eigenvalue weighted by Crippen LogP contribution is 2.42. The van der Waals surface area contributed by atoms with Gasteiger partial charge in [0, 0.05) is 6.04 Å². The van der Waals surface area contributed by atoms with Crippen LogP contribution in [0, 0.1) is 17.8 Å². The minimum atomic E-state index is -1.59. The third kappa shape index (κ3) is 5.03. The summed E-state index contributed by atoms with van der Waals surface area (Å²) in [4.78, 5) is 10.4. The van der Waals surface area contributed by atoms with Crippen molar-refractivity contribution in [3.05, 3.63) is 35.9 Å². The summed E-state index contributed by atoms with van der Waals surface area (Å²) < 4.78 is 6.04. The molecule has 0 amide bonds. The monoisotopic (exact) mass is 323 g/mol. The molecular formula is C18H30NO2P. The topological polar surface area (TPSA) is 41.5 Å². The van der Waals surface area contributed by atoms with Gasteiger partial charge in [-0.25, -0.2) is 5.09 Å². The summed E-state index contributed by atoms with van der Waals surface area (Å²) in [6, 6.07) is 10.3. The Balaban J connectivity index is 1.90. The molecule has 0 radical (unpaired) electrons. The van der Waals surface area contributed by atoms with E-state index in [1.54, 1.807) is 0 Å². The predicted molar refractivity (Wildman–Crippen MR) is 93.3 cm³/mol. The number of rotatable bonds is 6. The zero-order valence-corrected chi connectivity index (χ0v) is 15.1. The van der Waals surface area contributed by atoms with Crippen molar-refractivity contribution in [3.63, 3.8) is 0 Å². The van der Waals surface area contributed by atoms with Gasteiger partial charge < -0.3 is 9.42 Å². The smallest absolute Gasteiger partial charge is 0.253 e. The van der Waals surface area contributed by atoms with E-state index in [9.17, 15) is 4.89 Å². The number of benzene rings is 1. The summed E-state index contributed by atoms with van der Waals surface area (Å²) in [5.41, 5.74) is 1.17. The van der Waals surface area contributed by atoms with Crippen LogP contribution in [-0.2, 0) is 4.52 Å². The van der Waals surface area contributed by atoms with Crippen LogP contribution in [-0.4, -0.2) is 11.0 Å². The number of hydrogen-bond acceptors (Lipinski definition) is 3. The lowest BCUT2D eigenvalue weighted by Crippen LogP contribution is -2.34. The van der Waals surface area contributed by atoms with Gasteiger partial charge in [0.15, 0.2) is 0 Å². The van der Waals surface area contributed by atoms with Gasteiger partial charge in [-0.1, -0.05) is 57.5 Å². The highest BCUT2D eigenvalue weighted by Gasteiger charge is 2.33. The van der Waals surface area contributed by atoms with E-state index in [1.165, 1.54) is 18.4 Å². The van der Waals surface area contributed by atoms with Crippen molar-refractivity contribution in [2.75, 3.05) is 0 Å². The van der Waals surface area contributed by atoms with Crippen LogP contribution < -0.4 is 5.09 Å². The molecule has 2 rings (SSSR count). The molecule has 0 heterocycles. The molecule has 0 aromatic heterocycles. The largest absolute Gasteiger partial charge is 0.338 e. The van der Waals surface area contributed by atoms with Crippen molar-refractivity contribution in [1.29, 1.82) is 0 Å². The zero-order chi connectivity index (χ0) is 16.1. The maximum absolute atomic E-state index is 10.4. The normalized spacial score (nSPS) is 28.5. The van der Waals surface area contributed by atoms with Crippen LogP contribution in [0.5, 0.6) is 0 Å². The molecule has 1 aromatic carbocycles. The molecule has 4 heteroatoms. The van der Waals surface area contributed by atoms with Gasteiger partial charge in [0.1, 0.15) is 0 Å². The zero-order valence-electron chi connectivity index (χ0n) is 14.2. The Morgan fingerprint density at radius 3 is 2.50 bits per heavy atom. The number of hydrogen-bond donors (Lipinski definition) is 2. The molecule has 5 atom stereocenters. The second kappa shape index (κ2) is 8.40. The highest BCUT2D eigenvalue weighted by molar-refractivity contribution is 7.43. The standard InChI is InChI=1S/C18H30NO2P/c1-13(2)17-11-10-14(3)12-18(17)21-22(20)19-15(4)16-8-6-5-7-9-16/h5-9,13-15,17-20H,10-12H2,1-4H3/t14-,15-,17+,18-,22?/m1/s1. The van der Waals surface area contributed by atoms with Crippen molar-refractivity contribution in [1.82, 2.24) is 5.09 Å². The fraction of sp³-hybridized carbons (Fsp3) is 0.667. The van der Waals surface area contributed by atoms with Gasteiger partial charge in [0.2, 0.25) is 0 Å². The Bertz CT molecular complexity index is 440. The lowest BCUT2D eigenvalue weighted by Gasteiger charge is -2.38. The van der Waals surface area contributed by atoms with Gasteiger partial charge in [-0.15, -0.1) is 0 Å². The van der Waals surface area contributed by atoms with Gasteiger partial charge in [-0.2, -0.15) is 0 Å². The van der Waals surface area contributed by atoms with Gasteiger partial charge >= 0.3 is 0 Å². The minimum absolute atomic E-state index is 0.0934. The molecule has 1 aromatic rings. The third-order valence-corrected chi connectivity index (χ3v) is 5.88. The van der Waals surface area contributed by atoms with Crippen molar-refractivity contribution >= 4 is 8.53 Å². The van der Waals surface area contributed by atoms with Gasteiger partial charge in [-0.05, 0) is 43.1 Å². The molecule has 0 saturated heterocycles. The SMILES string of the molecule is CC(C)[C@@H]1CC[C@@H](C)C[C@H]1OP(O)N[C@H](C)c1ccccc1. The highest BCUT2D eigenvalue weighted by atomic mass is 31.2. The Hall–Kier alpha value is -0.470. The van der Waals surface area contributed by atoms with Gasteiger partial charge in [-0.3, -0.25) is 0 Å². The van der Waals surface area contributed by atoms with E-state index >= 15 is 0 Å². The molecule has 1 fully saturated rings. The maximum Gasteiger partial charge on any atom is 0.253 e. The molecule has 1 saturated carbocycles. The summed E-state index contributed by atoms with van der Waals surface area (Å²) in [5.74, 6) is 1.85. The van der Waals surface area contributed by atoms with E-state index in [0.717, 1.165) is 6.42 Å². The van der Waals surface area contributed by atoms with Crippen LogP contribution in [0.2, 0.25) is 0 Å². The average Bonchev–Trinajstić information content (AvgIpc) is 2.47. The van der Waals surface area contributed by atoms with E-state index in [4.69, 9.17) is 4.52 Å². The van der Waals surface area contributed by atoms with Crippen molar-refractivity contribution in [3.8, 4) is 0 Å². The summed E-state index contributed by atoms with van der Waals surface area (Å²) in [7, 11) is -1.59. The summed E-state index contributed by atoms with van der Waals surface area (Å²) in [6.45, 7) is 8.87. The van der Waals surface area contributed by atoms with E-state index < -0.39 is 8.53 Å². The first-order valence-corrected chi connectivity index (χ1v) is 9.65. The van der Waals surface area contributed by atoms with E-state index in [-0.39, 0.29) is 12.1 Å². The van der Waals surface area contributed by atoms with E-state index in [0.29, 0.717) is 17.8 Å². The van der Waals surface area contributed by atoms with Crippen LogP contribution in [0.4, 0.5) is 0 Å². The molecule has 0 spiro atoms. The Labute approximate surface area is 136 Å². The molecule has 2 N–H and O–H groups in total. The average molecular weight is 323 g/mol. The maximum atomic E-state index is 10.4. The number of nitrogens with one attached hydrogen (secondary N) is 1. The molecule has 1 aliphatic carbocycles. The fourth-order valence-corrected chi connectivity index (χ4v) is 4.42. The van der Waals surface area contributed by atoms with E-state index in [2.05, 4.69) is 44.9 Å². The fourth-order valence-electron chi connectivity index (χ4n) is 3.38. The molecule has 124 valence electrons. The van der Waals surface area contributed by atoms with Crippen molar-refractivity contribution in [2.24, 2.45) is 17.8 Å². The third-order valence-electron chi connectivity index (χ3n) is 4.80. The lowest BCUT2D eigenvalue weighted by molar-refractivity contribution is 0.0454. The van der Waals surface area contributed by atoms with Crippen LogP contribution in [0.3, 0.4) is 0 Å². The van der Waals surface area contributed by atoms with Crippen LogP contribution in [0.15, 0.2) is 30.3 Å². The molecule has 1 unspecified atom stereocenters. The molecule has 1 aliphatic rings. The minimum Gasteiger partial charge on any atom is -0.338 e. The first-order chi connectivity index (χ1) is 10.5. The summed E-state index contributed by atoms with van der Waals surface area (Å²) in [6.07, 6.45) is 3.72.